The summed E-state index contributed by atoms with van der Waals surface area (Å²) in [6, 6.07) is 55.0. The minimum absolute atomic E-state index is 0.0145. The first-order valence-electron chi connectivity index (χ1n) is 19.7. The molecule has 0 radical (unpaired) electrons. The van der Waals surface area contributed by atoms with Crippen LogP contribution in [-0.4, -0.2) is 9.13 Å². The summed E-state index contributed by atoms with van der Waals surface area (Å²) in [5.74, 6) is 3.77. The van der Waals surface area contributed by atoms with Crippen LogP contribution in [0.2, 0.25) is 0 Å². The summed E-state index contributed by atoms with van der Waals surface area (Å²) in [7, 11) is 0. The van der Waals surface area contributed by atoms with Crippen LogP contribution in [0.25, 0.3) is 55.0 Å². The molecule has 4 atom stereocenters. The maximum Gasteiger partial charge on any atom is 0.0548 e. The van der Waals surface area contributed by atoms with Gasteiger partial charge in [0.1, 0.15) is 0 Å². The number of benzene rings is 6. The van der Waals surface area contributed by atoms with Gasteiger partial charge in [0.2, 0.25) is 0 Å². The fourth-order valence-electron chi connectivity index (χ4n) is 11.3. The molecule has 11 rings (SSSR count). The zero-order valence-corrected chi connectivity index (χ0v) is 30.7. The Balaban J connectivity index is 1.18. The van der Waals surface area contributed by atoms with Gasteiger partial charge in [-0.3, -0.25) is 0 Å². The fraction of sp³-hybridized carbons (Fsp3) is 0.280. The molecule has 0 saturated heterocycles. The van der Waals surface area contributed by atoms with Crippen molar-refractivity contribution in [1.82, 2.24) is 9.13 Å². The van der Waals surface area contributed by atoms with Crippen molar-refractivity contribution in [1.29, 1.82) is 0 Å². The van der Waals surface area contributed by atoms with Gasteiger partial charge in [-0.2, -0.15) is 0 Å². The fourth-order valence-corrected chi connectivity index (χ4v) is 11.3. The Morgan fingerprint density at radius 1 is 0.500 bits per heavy atom. The minimum atomic E-state index is 0.0145. The van der Waals surface area contributed by atoms with Crippen LogP contribution in [-0.2, 0) is 5.41 Å². The summed E-state index contributed by atoms with van der Waals surface area (Å²) in [6.07, 6.45) is 6.51. The molecule has 6 aromatic carbocycles. The van der Waals surface area contributed by atoms with Gasteiger partial charge in [-0.1, -0.05) is 124 Å². The van der Waals surface area contributed by atoms with E-state index in [1.165, 1.54) is 98.2 Å². The van der Waals surface area contributed by atoms with E-state index in [9.17, 15) is 0 Å². The monoisotopic (exact) mass is 676 g/mol. The molecule has 52 heavy (non-hydrogen) atoms. The maximum atomic E-state index is 2.56. The van der Waals surface area contributed by atoms with E-state index in [1.54, 1.807) is 0 Å². The van der Waals surface area contributed by atoms with Crippen LogP contribution in [0.5, 0.6) is 0 Å². The lowest BCUT2D eigenvalue weighted by Crippen LogP contribution is -2.47. The largest absolute Gasteiger partial charge is 0.309 e. The first kappa shape index (κ1) is 31.6. The first-order chi connectivity index (χ1) is 25.5. The maximum absolute atomic E-state index is 2.56. The SMILES string of the molecule is CCC1CC2C(C)CC(CC2C)C(c2ccccc2)(c2ccc(-n3c4ccccc4c4cc5c(cc43)c3ccccc3n5-c3ccccc3)cc2)C1. The molecule has 0 N–H and O–H groups in total. The molecule has 3 aliphatic carbocycles. The molecule has 0 aliphatic heterocycles. The highest BCUT2D eigenvalue weighted by Gasteiger charge is 2.50. The third-order valence-electron chi connectivity index (χ3n) is 13.7. The van der Waals surface area contributed by atoms with Gasteiger partial charge in [0.25, 0.3) is 0 Å². The summed E-state index contributed by atoms with van der Waals surface area (Å²) in [5, 5.41) is 5.15. The number of para-hydroxylation sites is 3. The summed E-state index contributed by atoms with van der Waals surface area (Å²) in [4.78, 5) is 0. The van der Waals surface area contributed by atoms with E-state index in [1.807, 2.05) is 0 Å². The van der Waals surface area contributed by atoms with Gasteiger partial charge in [0.15, 0.2) is 0 Å². The lowest BCUT2D eigenvalue weighted by molar-refractivity contribution is 0.0296. The van der Waals surface area contributed by atoms with Crippen LogP contribution in [0, 0.1) is 29.6 Å². The predicted octanol–water partition coefficient (Wildman–Crippen LogP) is 13.3. The average Bonchev–Trinajstić information content (AvgIpc) is 3.68. The number of hydrogen-bond acceptors (Lipinski definition) is 0. The van der Waals surface area contributed by atoms with Gasteiger partial charge in [0, 0.05) is 38.3 Å². The molecule has 3 saturated carbocycles. The average molecular weight is 677 g/mol. The Kier molecular flexibility index (Phi) is 7.46. The molecule has 2 heteroatoms. The molecule has 258 valence electrons. The third-order valence-corrected chi connectivity index (χ3v) is 13.7. The lowest BCUT2D eigenvalue weighted by atomic mass is 9.50. The molecule has 2 aromatic heterocycles. The van der Waals surface area contributed by atoms with E-state index in [-0.39, 0.29) is 5.41 Å². The summed E-state index contributed by atoms with van der Waals surface area (Å²) in [5.41, 5.74) is 10.4. The van der Waals surface area contributed by atoms with Crippen molar-refractivity contribution in [2.75, 3.05) is 0 Å². The van der Waals surface area contributed by atoms with E-state index in [0.717, 1.165) is 23.7 Å². The topological polar surface area (TPSA) is 9.86 Å². The van der Waals surface area contributed by atoms with Crippen molar-refractivity contribution >= 4 is 43.6 Å². The van der Waals surface area contributed by atoms with Crippen LogP contribution in [0.15, 0.2) is 146 Å². The highest BCUT2D eigenvalue weighted by atomic mass is 15.0. The summed E-state index contributed by atoms with van der Waals surface area (Å²) < 4.78 is 4.95. The Morgan fingerprint density at radius 3 is 1.54 bits per heavy atom. The molecule has 0 amide bonds. The van der Waals surface area contributed by atoms with Gasteiger partial charge >= 0.3 is 0 Å². The number of rotatable bonds is 5. The van der Waals surface area contributed by atoms with Gasteiger partial charge in [-0.05, 0) is 115 Å². The Morgan fingerprint density at radius 2 is 0.981 bits per heavy atom. The second-order valence-corrected chi connectivity index (χ2v) is 16.3. The smallest absolute Gasteiger partial charge is 0.0548 e. The van der Waals surface area contributed by atoms with Crippen molar-refractivity contribution in [3.8, 4) is 11.4 Å². The highest BCUT2D eigenvalue weighted by molar-refractivity contribution is 6.19. The van der Waals surface area contributed by atoms with Crippen molar-refractivity contribution < 1.29 is 0 Å². The number of aromatic nitrogens is 2. The first-order valence-corrected chi connectivity index (χ1v) is 19.7. The minimum Gasteiger partial charge on any atom is -0.309 e. The van der Waals surface area contributed by atoms with E-state index in [4.69, 9.17) is 0 Å². The van der Waals surface area contributed by atoms with E-state index < -0.39 is 0 Å². The van der Waals surface area contributed by atoms with Crippen molar-refractivity contribution in [3.63, 3.8) is 0 Å². The number of hydrogen-bond donors (Lipinski definition) is 0. The predicted molar refractivity (Wildman–Crippen MR) is 220 cm³/mol. The van der Waals surface area contributed by atoms with Crippen LogP contribution >= 0.6 is 0 Å². The van der Waals surface area contributed by atoms with Gasteiger partial charge in [-0.15, -0.1) is 0 Å². The molecule has 0 spiro atoms. The number of nitrogens with zero attached hydrogens (tertiary/aromatic N) is 2. The quantitative estimate of drug-likeness (QED) is 0.172. The van der Waals surface area contributed by atoms with Crippen molar-refractivity contribution in [2.24, 2.45) is 29.6 Å². The molecule has 3 fully saturated rings. The standard InChI is InChI=1S/C50H48N2/c1-4-35-29-43-33(2)27-38(28-34(43)3)50(32-35,36-15-7-5-8-16-36)37-23-25-40(26-24-37)52-47-22-14-12-20-42(47)45-30-48-44(31-49(45)52)41-19-11-13-21-46(41)51(48)39-17-9-6-10-18-39/h5-26,30-31,33-35,38,43H,4,27-29,32H2,1-3H3. The summed E-state index contributed by atoms with van der Waals surface area (Å²) >= 11 is 0. The van der Waals surface area contributed by atoms with Crippen LogP contribution < -0.4 is 0 Å². The normalized spacial score (nSPS) is 24.9. The van der Waals surface area contributed by atoms with Crippen LogP contribution in [0.1, 0.15) is 64.0 Å². The zero-order valence-electron chi connectivity index (χ0n) is 30.7. The molecule has 4 unspecified atom stereocenters. The molecular formula is C50H48N2. The summed E-state index contributed by atoms with van der Waals surface area (Å²) in [6.45, 7) is 7.55. The molecular weight excluding hydrogens is 629 g/mol. The molecule has 8 aromatic rings. The van der Waals surface area contributed by atoms with E-state index in [2.05, 4.69) is 175 Å². The van der Waals surface area contributed by atoms with Crippen LogP contribution in [0.3, 0.4) is 0 Å². The highest BCUT2D eigenvalue weighted by Crippen LogP contribution is 2.57. The Hall–Kier alpha value is -5.08. The van der Waals surface area contributed by atoms with Crippen molar-refractivity contribution in [2.45, 2.75) is 58.3 Å². The van der Waals surface area contributed by atoms with Gasteiger partial charge in [0.05, 0.1) is 22.1 Å². The Bertz CT molecular complexity index is 2540. The molecule has 3 aliphatic rings. The van der Waals surface area contributed by atoms with Gasteiger partial charge in [-0.25, -0.2) is 0 Å². The second kappa shape index (κ2) is 12.3. The van der Waals surface area contributed by atoms with E-state index in [0.29, 0.717) is 5.92 Å². The molecule has 2 bridgehead atoms. The van der Waals surface area contributed by atoms with E-state index >= 15 is 0 Å². The number of fused-ring (bicyclic) bond motifs is 11. The zero-order chi connectivity index (χ0) is 35.0. The van der Waals surface area contributed by atoms with Gasteiger partial charge < -0.3 is 9.13 Å². The Labute approximate surface area is 307 Å². The molecule has 2 nitrogen and oxygen atoms in total. The second-order valence-electron chi connectivity index (χ2n) is 16.3. The molecule has 2 heterocycles. The van der Waals surface area contributed by atoms with Crippen molar-refractivity contribution in [3.05, 3.63) is 157 Å². The lowest BCUT2D eigenvalue weighted by Gasteiger charge is -2.54. The third kappa shape index (κ3) is 4.69. The van der Waals surface area contributed by atoms with Crippen LogP contribution in [0.4, 0.5) is 0 Å².